The van der Waals surface area contributed by atoms with E-state index in [1.807, 2.05) is 17.8 Å². The van der Waals surface area contributed by atoms with E-state index in [9.17, 15) is 0 Å². The zero-order valence-electron chi connectivity index (χ0n) is 10.8. The van der Waals surface area contributed by atoms with Crippen molar-refractivity contribution in [3.05, 3.63) is 29.2 Å². The van der Waals surface area contributed by atoms with Crippen LogP contribution in [-0.4, -0.2) is 19.5 Å². The Kier molecular flexibility index (Phi) is 2.68. The molecule has 0 amide bonds. The monoisotopic (exact) mass is 286 g/mol. The molecule has 0 spiro atoms. The van der Waals surface area contributed by atoms with Crippen LogP contribution in [0.5, 0.6) is 0 Å². The van der Waals surface area contributed by atoms with Crippen molar-refractivity contribution >= 4 is 27.5 Å². The van der Waals surface area contributed by atoms with Gasteiger partial charge in [-0.15, -0.1) is 11.3 Å². The lowest BCUT2D eigenvalue weighted by atomic mass is 10.0. The van der Waals surface area contributed by atoms with E-state index in [-0.39, 0.29) is 0 Å². The predicted molar refractivity (Wildman–Crippen MR) is 79.0 cm³/mol. The highest BCUT2D eigenvalue weighted by atomic mass is 32.1. The van der Waals surface area contributed by atoms with E-state index in [0.29, 0.717) is 5.95 Å². The lowest BCUT2D eigenvalue weighted by Gasteiger charge is -2.14. The Labute approximate surface area is 119 Å². The largest absolute Gasteiger partial charge is 0.292 e. The van der Waals surface area contributed by atoms with Crippen molar-refractivity contribution in [1.29, 1.82) is 0 Å². The molecule has 1 aliphatic rings. The van der Waals surface area contributed by atoms with Crippen molar-refractivity contribution in [3.63, 3.8) is 0 Å². The molecule has 0 radical (unpaired) electrons. The van der Waals surface area contributed by atoms with Crippen LogP contribution >= 0.6 is 11.3 Å². The minimum absolute atomic E-state index is 0.438. The van der Waals surface area contributed by atoms with Gasteiger partial charge in [-0.1, -0.05) is 0 Å². The molecule has 0 atom stereocenters. The highest BCUT2D eigenvalue weighted by Crippen LogP contribution is 2.29. The zero-order valence-corrected chi connectivity index (χ0v) is 11.7. The second-order valence-corrected chi connectivity index (χ2v) is 5.76. The average molecular weight is 286 g/mol. The van der Waals surface area contributed by atoms with E-state index >= 15 is 0 Å². The molecule has 7 heteroatoms. The number of aromatic nitrogens is 4. The van der Waals surface area contributed by atoms with Gasteiger partial charge in [0.15, 0.2) is 5.82 Å². The number of hydrogen-bond acceptors (Lipinski definition) is 6. The molecule has 4 rings (SSSR count). The Bertz CT molecular complexity index is 774. The Hall–Kier alpha value is -1.99. The molecule has 3 aromatic rings. The summed E-state index contributed by atoms with van der Waals surface area (Å²) in [6, 6.07) is 2.05. The molecule has 0 saturated carbocycles. The van der Waals surface area contributed by atoms with Crippen LogP contribution in [0.3, 0.4) is 0 Å². The van der Waals surface area contributed by atoms with Crippen LogP contribution in [0.25, 0.3) is 16.0 Å². The fourth-order valence-corrected chi connectivity index (χ4v) is 3.50. The second-order valence-electron chi connectivity index (χ2n) is 4.87. The number of hydrazine groups is 1. The van der Waals surface area contributed by atoms with E-state index < -0.39 is 0 Å². The van der Waals surface area contributed by atoms with Crippen LogP contribution in [0.1, 0.15) is 24.2 Å². The summed E-state index contributed by atoms with van der Waals surface area (Å²) in [4.78, 5) is 14.4. The normalized spacial score (nSPS) is 14.4. The third kappa shape index (κ3) is 1.70. The first-order chi connectivity index (χ1) is 9.86. The van der Waals surface area contributed by atoms with Crippen molar-refractivity contribution in [3.8, 4) is 5.82 Å². The number of fused-ring (bicyclic) bond motifs is 2. The van der Waals surface area contributed by atoms with Crippen LogP contribution in [-0.2, 0) is 12.8 Å². The van der Waals surface area contributed by atoms with Crippen LogP contribution in [0.15, 0.2) is 17.8 Å². The van der Waals surface area contributed by atoms with Crippen LogP contribution < -0.4 is 11.3 Å². The number of rotatable bonds is 2. The van der Waals surface area contributed by atoms with Gasteiger partial charge in [0.25, 0.3) is 0 Å². The maximum atomic E-state index is 5.47. The van der Waals surface area contributed by atoms with Crippen molar-refractivity contribution in [2.75, 3.05) is 5.43 Å². The highest BCUT2D eigenvalue weighted by molar-refractivity contribution is 7.16. The molecule has 0 bridgehead atoms. The van der Waals surface area contributed by atoms with Crippen LogP contribution in [0.2, 0.25) is 0 Å². The number of imidazole rings is 1. The maximum absolute atomic E-state index is 5.47. The van der Waals surface area contributed by atoms with Gasteiger partial charge in [-0.3, -0.25) is 9.99 Å². The van der Waals surface area contributed by atoms with Gasteiger partial charge in [0.2, 0.25) is 5.95 Å². The summed E-state index contributed by atoms with van der Waals surface area (Å²) in [5.41, 5.74) is 5.01. The Morgan fingerprint density at radius 3 is 3.05 bits per heavy atom. The number of hydrogen-bond donors (Lipinski definition) is 2. The highest BCUT2D eigenvalue weighted by Gasteiger charge is 2.19. The van der Waals surface area contributed by atoms with Crippen molar-refractivity contribution < 1.29 is 0 Å². The standard InChI is InChI=1S/C13H14N6S/c14-18-13-16-11(8-5-6-20-12(8)17-13)19-7-15-9-3-1-2-4-10(9)19/h5-7H,1-4,14H2,(H,16,17,18). The average Bonchev–Trinajstić information content (AvgIpc) is 3.12. The van der Waals surface area contributed by atoms with Gasteiger partial charge in [-0.05, 0) is 37.1 Å². The minimum Gasteiger partial charge on any atom is -0.292 e. The molecule has 3 aromatic heterocycles. The summed E-state index contributed by atoms with van der Waals surface area (Å²) in [7, 11) is 0. The van der Waals surface area contributed by atoms with Gasteiger partial charge in [-0.25, -0.2) is 15.8 Å². The van der Waals surface area contributed by atoms with E-state index in [4.69, 9.17) is 5.84 Å². The summed E-state index contributed by atoms with van der Waals surface area (Å²) < 4.78 is 2.09. The summed E-state index contributed by atoms with van der Waals surface area (Å²) >= 11 is 1.59. The van der Waals surface area contributed by atoms with Gasteiger partial charge < -0.3 is 0 Å². The molecular formula is C13H14N6S. The molecule has 0 fully saturated rings. The number of nitrogens with zero attached hydrogens (tertiary/aromatic N) is 4. The fraction of sp³-hybridized carbons (Fsp3) is 0.308. The first-order valence-electron chi connectivity index (χ1n) is 6.64. The molecule has 1 aliphatic carbocycles. The Morgan fingerprint density at radius 2 is 2.15 bits per heavy atom. The summed E-state index contributed by atoms with van der Waals surface area (Å²) in [5.74, 6) is 6.77. The molecule has 3 N–H and O–H groups in total. The molecule has 0 aromatic carbocycles. The molecular weight excluding hydrogens is 272 g/mol. The lowest BCUT2D eigenvalue weighted by molar-refractivity contribution is 0.654. The number of nitrogen functional groups attached to an aromatic ring is 1. The maximum Gasteiger partial charge on any atom is 0.240 e. The van der Waals surface area contributed by atoms with E-state index in [1.165, 1.54) is 24.2 Å². The summed E-state index contributed by atoms with van der Waals surface area (Å²) in [5, 5.41) is 3.06. The number of thiophene rings is 1. The molecule has 0 saturated heterocycles. The molecule has 102 valence electrons. The van der Waals surface area contributed by atoms with Crippen molar-refractivity contribution in [2.24, 2.45) is 5.84 Å². The van der Waals surface area contributed by atoms with Crippen molar-refractivity contribution in [2.45, 2.75) is 25.7 Å². The predicted octanol–water partition coefficient (Wildman–Crippen LogP) is 2.04. The second kappa shape index (κ2) is 4.53. The first-order valence-corrected chi connectivity index (χ1v) is 7.52. The first kappa shape index (κ1) is 11.8. The van der Waals surface area contributed by atoms with Gasteiger partial charge >= 0.3 is 0 Å². The van der Waals surface area contributed by atoms with Crippen LogP contribution in [0, 0.1) is 0 Å². The summed E-state index contributed by atoms with van der Waals surface area (Å²) in [6.45, 7) is 0. The van der Waals surface area contributed by atoms with Gasteiger partial charge in [0.05, 0.1) is 11.1 Å². The number of anilines is 1. The molecule has 0 aliphatic heterocycles. The molecule has 0 unspecified atom stereocenters. The number of nitrogens with two attached hydrogens (primary N) is 1. The van der Waals surface area contributed by atoms with Gasteiger partial charge in [0.1, 0.15) is 11.2 Å². The summed E-state index contributed by atoms with van der Waals surface area (Å²) in [6.07, 6.45) is 6.41. The van der Waals surface area contributed by atoms with Gasteiger partial charge in [0, 0.05) is 5.69 Å². The number of nitrogens with one attached hydrogen (secondary N) is 1. The lowest BCUT2D eigenvalue weighted by Crippen LogP contribution is -2.13. The quantitative estimate of drug-likeness (QED) is 0.556. The van der Waals surface area contributed by atoms with E-state index in [1.54, 1.807) is 11.3 Å². The van der Waals surface area contributed by atoms with E-state index in [0.717, 1.165) is 28.9 Å². The van der Waals surface area contributed by atoms with E-state index in [2.05, 4.69) is 24.9 Å². The SMILES string of the molecule is NNc1nc(-n2cnc3c2CCCC3)c2ccsc2n1. The minimum atomic E-state index is 0.438. The van der Waals surface area contributed by atoms with Crippen LogP contribution in [0.4, 0.5) is 5.95 Å². The topological polar surface area (TPSA) is 81.6 Å². The third-order valence-electron chi connectivity index (χ3n) is 3.69. The molecule has 6 nitrogen and oxygen atoms in total. The number of aryl methyl sites for hydroxylation is 1. The zero-order chi connectivity index (χ0) is 13.5. The fourth-order valence-electron chi connectivity index (χ4n) is 2.74. The Balaban J connectivity index is 1.97. The smallest absolute Gasteiger partial charge is 0.240 e. The Morgan fingerprint density at radius 1 is 1.25 bits per heavy atom. The molecule has 20 heavy (non-hydrogen) atoms. The third-order valence-corrected chi connectivity index (χ3v) is 4.50. The van der Waals surface area contributed by atoms with Gasteiger partial charge in [-0.2, -0.15) is 4.98 Å². The van der Waals surface area contributed by atoms with Crippen molar-refractivity contribution in [1.82, 2.24) is 19.5 Å². The molecule has 3 heterocycles.